The fourth-order valence-corrected chi connectivity index (χ4v) is 2.41. The second kappa shape index (κ2) is 5.77. The Morgan fingerprint density at radius 1 is 1.24 bits per heavy atom. The molecule has 0 atom stereocenters. The van der Waals surface area contributed by atoms with Crippen molar-refractivity contribution in [3.8, 4) is 0 Å². The van der Waals surface area contributed by atoms with E-state index in [0.29, 0.717) is 5.82 Å². The van der Waals surface area contributed by atoms with Gasteiger partial charge in [-0.3, -0.25) is 14.8 Å². The van der Waals surface area contributed by atoms with Gasteiger partial charge < -0.3 is 10.6 Å². The Bertz CT molecular complexity index is 494. The smallest absolute Gasteiger partial charge is 0.245 e. The number of hydrogen-bond acceptors (Lipinski definition) is 4. The maximum absolute atomic E-state index is 12.6. The number of nitrogens with zero attached hydrogens (tertiary/aromatic N) is 2. The summed E-state index contributed by atoms with van der Waals surface area (Å²) in [4.78, 5) is 14.8. The average molecular weight is 293 g/mol. The van der Waals surface area contributed by atoms with Crippen LogP contribution in [0.1, 0.15) is 40.3 Å². The van der Waals surface area contributed by atoms with Crippen molar-refractivity contribution in [3.63, 3.8) is 0 Å². The zero-order valence-electron chi connectivity index (χ0n) is 13.7. The number of carbonyl (C=O) groups excluding carboxylic acids is 1. The number of rotatable bonds is 3. The highest BCUT2D eigenvalue weighted by Crippen LogP contribution is 2.23. The van der Waals surface area contributed by atoms with Crippen molar-refractivity contribution < 1.29 is 4.79 Å². The Morgan fingerprint density at radius 2 is 1.86 bits per heavy atom. The molecular weight excluding hydrogens is 266 g/mol. The molecule has 0 radical (unpaired) electrons. The second-order valence-corrected chi connectivity index (χ2v) is 7.17. The van der Waals surface area contributed by atoms with Crippen LogP contribution in [0.4, 0.5) is 5.82 Å². The number of H-pyrrole nitrogens is 1. The van der Waals surface area contributed by atoms with Crippen LogP contribution < -0.4 is 10.6 Å². The predicted octanol–water partition coefficient (Wildman–Crippen LogP) is 1.33. The van der Waals surface area contributed by atoms with E-state index in [2.05, 4.69) is 46.5 Å². The summed E-state index contributed by atoms with van der Waals surface area (Å²) in [5.74, 6) is 0.574. The molecule has 0 aliphatic carbocycles. The van der Waals surface area contributed by atoms with Crippen LogP contribution in [0.2, 0.25) is 0 Å². The monoisotopic (exact) mass is 293 g/mol. The molecule has 0 aromatic carbocycles. The van der Waals surface area contributed by atoms with Crippen molar-refractivity contribution in [1.29, 1.82) is 0 Å². The Morgan fingerprint density at radius 3 is 2.38 bits per heavy atom. The number of amides is 1. The first-order valence-corrected chi connectivity index (χ1v) is 7.54. The SMILES string of the molecule is CC(C)(C)c1cc(NC(=O)C(C)(C)N2CCNCC2)n[nH]1. The van der Waals surface area contributed by atoms with Gasteiger partial charge in [0, 0.05) is 43.4 Å². The minimum atomic E-state index is -0.539. The van der Waals surface area contributed by atoms with E-state index in [1.54, 1.807) is 0 Å². The van der Waals surface area contributed by atoms with Crippen molar-refractivity contribution in [1.82, 2.24) is 20.4 Å². The summed E-state index contributed by atoms with van der Waals surface area (Å²) in [7, 11) is 0. The number of aromatic nitrogens is 2. The zero-order chi connectivity index (χ0) is 15.7. The van der Waals surface area contributed by atoms with Crippen LogP contribution >= 0.6 is 0 Å². The van der Waals surface area contributed by atoms with E-state index in [9.17, 15) is 4.79 Å². The third-order valence-electron chi connectivity index (χ3n) is 4.09. The fourth-order valence-electron chi connectivity index (χ4n) is 2.41. The van der Waals surface area contributed by atoms with E-state index in [-0.39, 0.29) is 11.3 Å². The summed E-state index contributed by atoms with van der Waals surface area (Å²) >= 11 is 0. The number of aromatic amines is 1. The molecule has 3 N–H and O–H groups in total. The Labute approximate surface area is 126 Å². The van der Waals surface area contributed by atoms with Crippen molar-refractivity contribution in [2.24, 2.45) is 0 Å². The number of anilines is 1. The lowest BCUT2D eigenvalue weighted by atomic mass is 9.92. The molecule has 1 amide bonds. The molecule has 0 spiro atoms. The van der Waals surface area contributed by atoms with Crippen molar-refractivity contribution in [2.45, 2.75) is 45.6 Å². The zero-order valence-corrected chi connectivity index (χ0v) is 13.7. The first-order valence-electron chi connectivity index (χ1n) is 7.54. The molecule has 1 saturated heterocycles. The molecule has 1 fully saturated rings. The van der Waals surface area contributed by atoms with Gasteiger partial charge in [0.25, 0.3) is 0 Å². The highest BCUT2D eigenvalue weighted by atomic mass is 16.2. The van der Waals surface area contributed by atoms with Gasteiger partial charge in [0.1, 0.15) is 0 Å². The molecule has 2 heterocycles. The van der Waals surface area contributed by atoms with Gasteiger partial charge >= 0.3 is 0 Å². The van der Waals surface area contributed by atoms with Gasteiger partial charge in [-0.05, 0) is 13.8 Å². The van der Waals surface area contributed by atoms with E-state index < -0.39 is 5.54 Å². The standard InChI is InChI=1S/C15H27N5O/c1-14(2,3)11-10-12(19-18-11)17-13(21)15(4,5)20-8-6-16-7-9-20/h10,16H,6-9H2,1-5H3,(H2,17,18,19,21). The summed E-state index contributed by atoms with van der Waals surface area (Å²) in [5.41, 5.74) is 0.463. The van der Waals surface area contributed by atoms with Gasteiger partial charge in [0.15, 0.2) is 5.82 Å². The van der Waals surface area contributed by atoms with Crippen LogP contribution in [-0.2, 0) is 10.2 Å². The average Bonchev–Trinajstić information content (AvgIpc) is 2.88. The lowest BCUT2D eigenvalue weighted by molar-refractivity contribution is -0.126. The topological polar surface area (TPSA) is 73.1 Å². The van der Waals surface area contributed by atoms with Gasteiger partial charge in [-0.2, -0.15) is 5.10 Å². The van der Waals surface area contributed by atoms with Crippen molar-refractivity contribution in [3.05, 3.63) is 11.8 Å². The summed E-state index contributed by atoms with van der Waals surface area (Å²) in [6.45, 7) is 13.9. The third kappa shape index (κ3) is 3.63. The van der Waals surface area contributed by atoms with Gasteiger partial charge in [-0.1, -0.05) is 20.8 Å². The molecule has 0 saturated carbocycles. The number of piperazine rings is 1. The lowest BCUT2D eigenvalue weighted by Gasteiger charge is -2.39. The highest BCUT2D eigenvalue weighted by molar-refractivity contribution is 5.96. The molecule has 21 heavy (non-hydrogen) atoms. The second-order valence-electron chi connectivity index (χ2n) is 7.17. The molecular formula is C15H27N5O. The number of nitrogens with one attached hydrogen (secondary N) is 3. The number of carbonyl (C=O) groups is 1. The normalized spacial score (nSPS) is 17.8. The molecule has 118 valence electrons. The van der Waals surface area contributed by atoms with E-state index >= 15 is 0 Å². The highest BCUT2D eigenvalue weighted by Gasteiger charge is 2.35. The molecule has 1 aromatic rings. The van der Waals surface area contributed by atoms with E-state index in [1.807, 2.05) is 19.9 Å². The summed E-state index contributed by atoms with van der Waals surface area (Å²) in [6, 6.07) is 1.91. The maximum Gasteiger partial charge on any atom is 0.245 e. The van der Waals surface area contributed by atoms with Crippen molar-refractivity contribution >= 4 is 11.7 Å². The first kappa shape index (κ1) is 16.0. The minimum Gasteiger partial charge on any atom is -0.314 e. The fraction of sp³-hybridized carbons (Fsp3) is 0.733. The summed E-state index contributed by atoms with van der Waals surface area (Å²) in [6.07, 6.45) is 0. The molecule has 1 aromatic heterocycles. The van der Waals surface area contributed by atoms with Gasteiger partial charge in [-0.25, -0.2) is 0 Å². The summed E-state index contributed by atoms with van der Waals surface area (Å²) < 4.78 is 0. The molecule has 0 bridgehead atoms. The van der Waals surface area contributed by atoms with Gasteiger partial charge in [0.05, 0.1) is 5.54 Å². The van der Waals surface area contributed by atoms with Crippen LogP contribution in [0, 0.1) is 0 Å². The molecule has 0 unspecified atom stereocenters. The molecule has 2 rings (SSSR count). The van der Waals surface area contributed by atoms with Crippen molar-refractivity contribution in [2.75, 3.05) is 31.5 Å². The molecule has 6 heteroatoms. The minimum absolute atomic E-state index is 0.00989. The first-order chi connectivity index (χ1) is 9.71. The number of hydrogen-bond donors (Lipinski definition) is 3. The Hall–Kier alpha value is -1.40. The third-order valence-corrected chi connectivity index (χ3v) is 4.09. The van der Waals surface area contributed by atoms with Crippen LogP contribution in [0.15, 0.2) is 6.07 Å². The van der Waals surface area contributed by atoms with Crippen LogP contribution in [0.3, 0.4) is 0 Å². The quantitative estimate of drug-likeness (QED) is 0.786. The van der Waals surface area contributed by atoms with E-state index in [1.165, 1.54) is 0 Å². The van der Waals surface area contributed by atoms with Crippen LogP contribution in [-0.4, -0.2) is 52.7 Å². The van der Waals surface area contributed by atoms with Crippen LogP contribution in [0.25, 0.3) is 0 Å². The Kier molecular flexibility index (Phi) is 4.39. The van der Waals surface area contributed by atoms with Gasteiger partial charge in [-0.15, -0.1) is 0 Å². The van der Waals surface area contributed by atoms with Crippen LogP contribution in [0.5, 0.6) is 0 Å². The van der Waals surface area contributed by atoms with Gasteiger partial charge in [0.2, 0.25) is 5.91 Å². The molecule has 1 aliphatic rings. The van der Waals surface area contributed by atoms with E-state index in [4.69, 9.17) is 0 Å². The Balaban J connectivity index is 2.04. The lowest BCUT2D eigenvalue weighted by Crippen LogP contribution is -2.58. The largest absolute Gasteiger partial charge is 0.314 e. The molecule has 1 aliphatic heterocycles. The predicted molar refractivity (Wildman–Crippen MR) is 84.4 cm³/mol. The summed E-state index contributed by atoms with van der Waals surface area (Å²) in [5, 5.41) is 13.4. The molecule has 6 nitrogen and oxygen atoms in total. The van der Waals surface area contributed by atoms with E-state index in [0.717, 1.165) is 31.9 Å². The maximum atomic E-state index is 12.6.